The summed E-state index contributed by atoms with van der Waals surface area (Å²) in [5.41, 5.74) is -0.0839. The fourth-order valence-electron chi connectivity index (χ4n) is 4.16. The highest BCUT2D eigenvalue weighted by Crippen LogP contribution is 2.41. The molecule has 0 radical (unpaired) electrons. The topological polar surface area (TPSA) is 108 Å². The molecule has 1 aromatic carbocycles. The summed E-state index contributed by atoms with van der Waals surface area (Å²) in [5.74, 6) is -1.26. The number of aliphatic hydroxyl groups is 1. The Kier molecular flexibility index (Phi) is 6.53. The number of hydrogen-bond acceptors (Lipinski definition) is 5. The molecule has 0 atom stereocenters. The summed E-state index contributed by atoms with van der Waals surface area (Å²) >= 11 is 0. The first kappa shape index (κ1) is 23.6. The van der Waals surface area contributed by atoms with Gasteiger partial charge in [-0.1, -0.05) is 32.0 Å². The highest BCUT2D eigenvalue weighted by atomic mass is 16.6. The molecule has 32 heavy (non-hydrogen) atoms. The number of hydrogen-bond donors (Lipinski definition) is 3. The molecule has 1 fully saturated rings. The van der Waals surface area contributed by atoms with Gasteiger partial charge < -0.3 is 25.4 Å². The third-order valence-corrected chi connectivity index (χ3v) is 5.98. The second-order valence-corrected chi connectivity index (χ2v) is 9.85. The van der Waals surface area contributed by atoms with Gasteiger partial charge in [0.1, 0.15) is 16.9 Å². The Morgan fingerprint density at radius 3 is 2.41 bits per heavy atom. The molecule has 0 aromatic heterocycles. The van der Waals surface area contributed by atoms with Crippen LogP contribution in [0.4, 0.5) is 10.5 Å². The number of amides is 3. The van der Waals surface area contributed by atoms with E-state index in [2.05, 4.69) is 10.6 Å². The maximum Gasteiger partial charge on any atom is 0.410 e. The molecule has 0 saturated carbocycles. The maximum atomic E-state index is 13.0. The van der Waals surface area contributed by atoms with E-state index in [0.717, 1.165) is 5.56 Å². The van der Waals surface area contributed by atoms with E-state index < -0.39 is 28.9 Å². The largest absolute Gasteiger partial charge is 0.511 e. The van der Waals surface area contributed by atoms with Crippen molar-refractivity contribution in [2.24, 2.45) is 5.41 Å². The van der Waals surface area contributed by atoms with Crippen molar-refractivity contribution in [2.75, 3.05) is 25.0 Å². The van der Waals surface area contributed by atoms with Crippen molar-refractivity contribution in [3.8, 4) is 0 Å². The van der Waals surface area contributed by atoms with E-state index in [1.54, 1.807) is 11.0 Å². The standard InChI is InChI=1S/C24H33N3O5/c1-15(2)16-8-6-7-9-17(16)26-21(30)18-19(28)24(14-25-20(18)29)10-12-27(13-11-24)22(31)32-23(3,4)5/h6-9,15,28H,10-14H2,1-5H3,(H,25,29)(H,26,30). The van der Waals surface area contributed by atoms with Crippen LogP contribution in [0.1, 0.15) is 58.9 Å². The first-order chi connectivity index (χ1) is 14.9. The zero-order chi connectivity index (χ0) is 23.7. The van der Waals surface area contributed by atoms with Gasteiger partial charge in [-0.25, -0.2) is 4.79 Å². The summed E-state index contributed by atoms with van der Waals surface area (Å²) in [6.07, 6.45) is 0.425. The van der Waals surface area contributed by atoms with E-state index >= 15 is 0 Å². The van der Waals surface area contributed by atoms with Crippen molar-refractivity contribution in [1.29, 1.82) is 0 Å². The van der Waals surface area contributed by atoms with Gasteiger partial charge in [0, 0.05) is 30.7 Å². The van der Waals surface area contributed by atoms with Gasteiger partial charge in [-0.2, -0.15) is 0 Å². The molecule has 2 heterocycles. The van der Waals surface area contributed by atoms with E-state index in [1.165, 1.54) is 0 Å². The smallest absolute Gasteiger partial charge is 0.410 e. The lowest BCUT2D eigenvalue weighted by Crippen LogP contribution is -2.53. The first-order valence-corrected chi connectivity index (χ1v) is 11.0. The molecular formula is C24H33N3O5. The van der Waals surface area contributed by atoms with Crippen LogP contribution in [0.5, 0.6) is 0 Å². The summed E-state index contributed by atoms with van der Waals surface area (Å²) in [4.78, 5) is 39.6. The second-order valence-electron chi connectivity index (χ2n) is 9.85. The Balaban J connectivity index is 1.80. The van der Waals surface area contributed by atoms with Crippen LogP contribution in [0, 0.1) is 5.41 Å². The quantitative estimate of drug-likeness (QED) is 0.617. The fourth-order valence-corrected chi connectivity index (χ4v) is 4.16. The van der Waals surface area contributed by atoms with Gasteiger partial charge in [0.25, 0.3) is 11.8 Å². The molecule has 1 saturated heterocycles. The molecule has 0 aliphatic carbocycles. The average molecular weight is 444 g/mol. The van der Waals surface area contributed by atoms with Gasteiger partial charge in [0.05, 0.1) is 0 Å². The summed E-state index contributed by atoms with van der Waals surface area (Å²) in [6, 6.07) is 7.40. The monoisotopic (exact) mass is 443 g/mol. The molecule has 8 heteroatoms. The predicted octanol–water partition coefficient (Wildman–Crippen LogP) is 3.71. The number of carbonyl (C=O) groups excluding carboxylic acids is 3. The van der Waals surface area contributed by atoms with E-state index in [0.29, 0.717) is 31.6 Å². The molecule has 0 unspecified atom stereocenters. The van der Waals surface area contributed by atoms with Crippen LogP contribution >= 0.6 is 0 Å². The van der Waals surface area contributed by atoms with Gasteiger partial charge in [0.15, 0.2) is 0 Å². The van der Waals surface area contributed by atoms with Crippen molar-refractivity contribution in [3.63, 3.8) is 0 Å². The second kappa shape index (κ2) is 8.84. The van der Waals surface area contributed by atoms with Gasteiger partial charge in [-0.15, -0.1) is 0 Å². The summed E-state index contributed by atoms with van der Waals surface area (Å²) in [5, 5.41) is 16.6. The highest BCUT2D eigenvalue weighted by Gasteiger charge is 2.47. The molecule has 1 aromatic rings. The first-order valence-electron chi connectivity index (χ1n) is 11.0. The number of anilines is 1. The summed E-state index contributed by atoms with van der Waals surface area (Å²) < 4.78 is 5.43. The average Bonchev–Trinajstić information content (AvgIpc) is 2.71. The molecule has 3 amide bonds. The molecule has 0 bridgehead atoms. The number of benzene rings is 1. The van der Waals surface area contributed by atoms with Crippen molar-refractivity contribution >= 4 is 23.6 Å². The maximum absolute atomic E-state index is 13.0. The number of aliphatic hydroxyl groups excluding tert-OH is 1. The predicted molar refractivity (Wildman–Crippen MR) is 121 cm³/mol. The molecule has 3 rings (SSSR count). The van der Waals surface area contributed by atoms with Crippen LogP contribution < -0.4 is 10.6 Å². The molecule has 2 aliphatic rings. The number of piperidine rings is 1. The zero-order valence-electron chi connectivity index (χ0n) is 19.4. The van der Waals surface area contributed by atoms with Crippen molar-refractivity contribution in [1.82, 2.24) is 10.2 Å². The third kappa shape index (κ3) is 4.89. The van der Waals surface area contributed by atoms with E-state index in [4.69, 9.17) is 4.74 Å². The lowest BCUT2D eigenvalue weighted by molar-refractivity contribution is -0.123. The Bertz CT molecular complexity index is 937. The lowest BCUT2D eigenvalue weighted by atomic mass is 9.73. The number of rotatable bonds is 3. The minimum absolute atomic E-state index is 0.179. The number of nitrogens with zero attached hydrogens (tertiary/aromatic N) is 1. The zero-order valence-corrected chi connectivity index (χ0v) is 19.4. The fraction of sp³-hybridized carbons (Fsp3) is 0.542. The van der Waals surface area contributed by atoms with Crippen LogP contribution in [0.15, 0.2) is 35.6 Å². The van der Waals surface area contributed by atoms with Crippen molar-refractivity contribution < 1.29 is 24.2 Å². The van der Waals surface area contributed by atoms with Gasteiger partial charge >= 0.3 is 6.09 Å². The minimum Gasteiger partial charge on any atom is -0.511 e. The van der Waals surface area contributed by atoms with E-state index in [1.807, 2.05) is 52.8 Å². The van der Waals surface area contributed by atoms with Crippen molar-refractivity contribution in [2.45, 2.75) is 59.0 Å². The van der Waals surface area contributed by atoms with Gasteiger partial charge in [-0.3, -0.25) is 9.59 Å². The molecular weight excluding hydrogens is 410 g/mol. The molecule has 1 spiro atoms. The van der Waals surface area contributed by atoms with Crippen LogP contribution in [0.25, 0.3) is 0 Å². The number of nitrogens with one attached hydrogen (secondary N) is 2. The number of ether oxygens (including phenoxy) is 1. The van der Waals surface area contributed by atoms with Crippen LogP contribution in [-0.4, -0.2) is 53.1 Å². The van der Waals surface area contributed by atoms with Gasteiger partial charge in [0.2, 0.25) is 0 Å². The Morgan fingerprint density at radius 1 is 1.19 bits per heavy atom. The highest BCUT2D eigenvalue weighted by molar-refractivity contribution is 6.23. The van der Waals surface area contributed by atoms with Crippen LogP contribution in [0.2, 0.25) is 0 Å². The Morgan fingerprint density at radius 2 is 1.81 bits per heavy atom. The SMILES string of the molecule is CC(C)c1ccccc1NC(=O)C1=C(O)C2(CCN(C(=O)OC(C)(C)C)CC2)CNC1=O. The minimum atomic E-state index is -0.781. The summed E-state index contributed by atoms with van der Waals surface area (Å²) in [6.45, 7) is 10.4. The Labute approximate surface area is 189 Å². The van der Waals surface area contributed by atoms with E-state index in [9.17, 15) is 19.5 Å². The molecule has 2 aliphatic heterocycles. The normalized spacial score (nSPS) is 18.6. The van der Waals surface area contributed by atoms with Gasteiger partial charge in [-0.05, 0) is 51.2 Å². The number of likely N-dealkylation sites (tertiary alicyclic amines) is 1. The van der Waals surface area contributed by atoms with Crippen molar-refractivity contribution in [3.05, 3.63) is 41.2 Å². The van der Waals surface area contributed by atoms with E-state index in [-0.39, 0.29) is 23.8 Å². The molecule has 3 N–H and O–H groups in total. The third-order valence-electron chi connectivity index (χ3n) is 5.98. The lowest BCUT2D eigenvalue weighted by Gasteiger charge is -2.43. The summed E-state index contributed by atoms with van der Waals surface area (Å²) in [7, 11) is 0. The molecule has 8 nitrogen and oxygen atoms in total. The van der Waals surface area contributed by atoms with Crippen LogP contribution in [0.3, 0.4) is 0 Å². The van der Waals surface area contributed by atoms with Crippen LogP contribution in [-0.2, 0) is 14.3 Å². The number of para-hydroxylation sites is 1. The number of carbonyl (C=O) groups is 3. The molecule has 174 valence electrons. The Hall–Kier alpha value is -3.03.